The van der Waals surface area contributed by atoms with Crippen LogP contribution in [0.2, 0.25) is 0 Å². The van der Waals surface area contributed by atoms with Gasteiger partial charge in [0.05, 0.1) is 0 Å². The van der Waals surface area contributed by atoms with Gasteiger partial charge in [-0.15, -0.1) is 0 Å². The van der Waals surface area contributed by atoms with Crippen LogP contribution in [0.5, 0.6) is 0 Å². The normalized spacial score (nSPS) is 10.7. The van der Waals surface area contributed by atoms with E-state index in [0.717, 1.165) is 11.1 Å². The van der Waals surface area contributed by atoms with E-state index in [1.165, 1.54) is 6.08 Å². The monoisotopic (exact) mass is 263 g/mol. The number of rotatable bonds is 4. The average molecular weight is 263 g/mol. The Morgan fingerprint density at radius 3 is 2.70 bits per heavy atom. The molecule has 1 heterocycles. The molecule has 2 rings (SSSR count). The van der Waals surface area contributed by atoms with Crippen molar-refractivity contribution < 1.29 is 4.79 Å². The molecule has 0 unspecified atom stereocenters. The van der Waals surface area contributed by atoms with Crippen molar-refractivity contribution in [2.45, 2.75) is 6.54 Å². The van der Waals surface area contributed by atoms with Crippen LogP contribution < -0.4 is 5.32 Å². The van der Waals surface area contributed by atoms with Crippen LogP contribution in [-0.4, -0.2) is 10.9 Å². The quantitative estimate of drug-likeness (QED) is 0.680. The summed E-state index contributed by atoms with van der Waals surface area (Å²) in [7, 11) is 0. The third-order valence-corrected chi connectivity index (χ3v) is 2.66. The van der Waals surface area contributed by atoms with Crippen LogP contribution >= 0.6 is 0 Å². The number of hydrogen-bond donors (Lipinski definition) is 1. The summed E-state index contributed by atoms with van der Waals surface area (Å²) in [4.78, 5) is 15.9. The molecule has 1 amide bonds. The molecule has 1 aromatic heterocycles. The summed E-state index contributed by atoms with van der Waals surface area (Å²) >= 11 is 0. The number of amides is 1. The summed E-state index contributed by atoms with van der Waals surface area (Å²) in [6, 6.07) is 15.0. The van der Waals surface area contributed by atoms with Crippen LogP contribution in [0.4, 0.5) is 0 Å². The molecule has 4 heteroatoms. The van der Waals surface area contributed by atoms with Crippen LogP contribution in [0.15, 0.2) is 60.4 Å². The molecule has 0 spiro atoms. The zero-order chi connectivity index (χ0) is 14.2. The fraction of sp³-hybridized carbons (Fsp3) is 0.0625. The molecule has 20 heavy (non-hydrogen) atoms. The second-order valence-electron chi connectivity index (χ2n) is 4.12. The summed E-state index contributed by atoms with van der Waals surface area (Å²) < 4.78 is 0. The fourth-order valence-electron chi connectivity index (χ4n) is 1.65. The Kier molecular flexibility index (Phi) is 4.63. The van der Waals surface area contributed by atoms with Gasteiger partial charge in [0.15, 0.2) is 0 Å². The largest absolute Gasteiger partial charge is 0.347 e. The zero-order valence-electron chi connectivity index (χ0n) is 10.8. The number of nitrogens with one attached hydrogen (secondary N) is 1. The summed E-state index contributed by atoms with van der Waals surface area (Å²) in [5, 5.41) is 11.8. The first-order chi connectivity index (χ1) is 9.79. The highest BCUT2D eigenvalue weighted by atomic mass is 16.1. The van der Waals surface area contributed by atoms with E-state index in [9.17, 15) is 4.79 Å². The molecule has 1 N–H and O–H groups in total. The highest BCUT2D eigenvalue weighted by molar-refractivity contribution is 6.01. The number of hydrogen-bond acceptors (Lipinski definition) is 3. The van der Waals surface area contributed by atoms with Crippen molar-refractivity contribution in [3.8, 4) is 6.07 Å². The van der Waals surface area contributed by atoms with Crippen LogP contribution in [0, 0.1) is 11.3 Å². The molecular weight excluding hydrogens is 250 g/mol. The second-order valence-corrected chi connectivity index (χ2v) is 4.12. The maximum Gasteiger partial charge on any atom is 0.262 e. The first-order valence-electron chi connectivity index (χ1n) is 6.13. The van der Waals surface area contributed by atoms with Crippen LogP contribution in [0.3, 0.4) is 0 Å². The van der Waals surface area contributed by atoms with E-state index < -0.39 is 0 Å². The van der Waals surface area contributed by atoms with E-state index in [1.807, 2.05) is 36.4 Å². The maximum atomic E-state index is 11.9. The van der Waals surface area contributed by atoms with Crippen molar-refractivity contribution in [1.82, 2.24) is 10.3 Å². The van der Waals surface area contributed by atoms with Gasteiger partial charge in [-0.25, -0.2) is 0 Å². The summed E-state index contributed by atoms with van der Waals surface area (Å²) in [6.07, 6.45) is 4.76. The Hall–Kier alpha value is -2.93. The first-order valence-corrected chi connectivity index (χ1v) is 6.13. The number of pyridine rings is 1. The summed E-state index contributed by atoms with van der Waals surface area (Å²) in [5.41, 5.74) is 1.77. The topological polar surface area (TPSA) is 65.8 Å². The van der Waals surface area contributed by atoms with Gasteiger partial charge in [0.1, 0.15) is 11.6 Å². The van der Waals surface area contributed by atoms with Gasteiger partial charge in [-0.3, -0.25) is 9.78 Å². The number of benzene rings is 1. The Balaban J connectivity index is 2.03. The van der Waals surface area contributed by atoms with Crippen LogP contribution in [-0.2, 0) is 11.3 Å². The predicted molar refractivity (Wildman–Crippen MR) is 76.1 cm³/mol. The third-order valence-electron chi connectivity index (χ3n) is 2.66. The lowest BCUT2D eigenvalue weighted by Gasteiger charge is -2.04. The lowest BCUT2D eigenvalue weighted by molar-refractivity contribution is -0.117. The Labute approximate surface area is 117 Å². The average Bonchev–Trinajstić information content (AvgIpc) is 2.52. The Morgan fingerprint density at radius 1 is 1.25 bits per heavy atom. The molecule has 98 valence electrons. The third kappa shape index (κ3) is 3.79. The van der Waals surface area contributed by atoms with Crippen molar-refractivity contribution >= 4 is 12.0 Å². The fourth-order valence-corrected chi connectivity index (χ4v) is 1.65. The van der Waals surface area contributed by atoms with Gasteiger partial charge in [0.25, 0.3) is 5.91 Å². The van der Waals surface area contributed by atoms with Crippen molar-refractivity contribution in [2.24, 2.45) is 0 Å². The van der Waals surface area contributed by atoms with E-state index in [2.05, 4.69) is 10.3 Å². The van der Waals surface area contributed by atoms with Gasteiger partial charge in [0, 0.05) is 18.9 Å². The van der Waals surface area contributed by atoms with Crippen LogP contribution in [0.1, 0.15) is 11.1 Å². The summed E-state index contributed by atoms with van der Waals surface area (Å²) in [5.74, 6) is -0.389. The highest BCUT2D eigenvalue weighted by Gasteiger charge is 2.08. The molecular formula is C16H13N3O. The number of carbonyl (C=O) groups excluding carboxylic acids is 1. The van der Waals surface area contributed by atoms with E-state index in [1.54, 1.807) is 24.5 Å². The van der Waals surface area contributed by atoms with Gasteiger partial charge in [-0.05, 0) is 23.3 Å². The number of nitrogens with zero attached hydrogens (tertiary/aromatic N) is 2. The molecule has 0 aliphatic heterocycles. The molecule has 0 aliphatic carbocycles. The minimum Gasteiger partial charge on any atom is -0.347 e. The van der Waals surface area contributed by atoms with E-state index in [0.29, 0.717) is 6.54 Å². The van der Waals surface area contributed by atoms with E-state index in [-0.39, 0.29) is 11.5 Å². The summed E-state index contributed by atoms with van der Waals surface area (Å²) in [6.45, 7) is 0.395. The lowest BCUT2D eigenvalue weighted by Crippen LogP contribution is -2.23. The van der Waals surface area contributed by atoms with Gasteiger partial charge in [-0.1, -0.05) is 36.4 Å². The molecule has 0 atom stereocenters. The smallest absolute Gasteiger partial charge is 0.262 e. The first kappa shape index (κ1) is 13.5. The minimum atomic E-state index is -0.389. The highest BCUT2D eigenvalue weighted by Crippen LogP contribution is 2.05. The van der Waals surface area contributed by atoms with Crippen molar-refractivity contribution in [3.63, 3.8) is 0 Å². The molecule has 0 saturated carbocycles. The molecule has 0 saturated heterocycles. The number of nitriles is 1. The van der Waals surface area contributed by atoms with Gasteiger partial charge in [0.2, 0.25) is 0 Å². The molecule has 0 aliphatic rings. The molecule has 1 aromatic carbocycles. The maximum absolute atomic E-state index is 11.9. The standard InChI is InChI=1S/C16H13N3O/c17-10-15(9-14-7-4-8-18-11-14)16(20)19-12-13-5-2-1-3-6-13/h1-9,11H,12H2,(H,19,20)/b15-9+. The number of carbonyl (C=O) groups is 1. The molecule has 0 bridgehead atoms. The van der Waals surface area contributed by atoms with Crippen molar-refractivity contribution in [1.29, 1.82) is 5.26 Å². The Morgan fingerprint density at radius 2 is 2.05 bits per heavy atom. The minimum absolute atomic E-state index is 0.0638. The molecule has 4 nitrogen and oxygen atoms in total. The SMILES string of the molecule is N#C/C(=C\c1cccnc1)C(=O)NCc1ccccc1. The van der Waals surface area contributed by atoms with E-state index in [4.69, 9.17) is 5.26 Å². The molecule has 0 radical (unpaired) electrons. The van der Waals surface area contributed by atoms with Crippen molar-refractivity contribution in [3.05, 3.63) is 71.6 Å². The van der Waals surface area contributed by atoms with Crippen molar-refractivity contribution in [2.75, 3.05) is 0 Å². The van der Waals surface area contributed by atoms with Crippen LogP contribution in [0.25, 0.3) is 6.08 Å². The lowest BCUT2D eigenvalue weighted by atomic mass is 10.1. The molecule has 0 fully saturated rings. The zero-order valence-corrected chi connectivity index (χ0v) is 10.8. The predicted octanol–water partition coefficient (Wildman–Crippen LogP) is 2.30. The van der Waals surface area contributed by atoms with E-state index >= 15 is 0 Å². The van der Waals surface area contributed by atoms with Gasteiger partial charge >= 0.3 is 0 Å². The van der Waals surface area contributed by atoms with Gasteiger partial charge in [-0.2, -0.15) is 5.26 Å². The second kappa shape index (κ2) is 6.86. The number of aromatic nitrogens is 1. The Bertz CT molecular complexity index is 642. The van der Waals surface area contributed by atoms with Gasteiger partial charge < -0.3 is 5.32 Å². The molecule has 2 aromatic rings.